The summed E-state index contributed by atoms with van der Waals surface area (Å²) in [4.78, 5) is 2.39. The average molecular weight is 676 g/mol. The van der Waals surface area contributed by atoms with E-state index in [2.05, 4.69) is 229 Å². The molecule has 0 aliphatic carbocycles. The highest BCUT2D eigenvalue weighted by Gasteiger charge is 2.19. The second kappa shape index (κ2) is 14.3. The summed E-state index contributed by atoms with van der Waals surface area (Å²) in [5.41, 5.74) is 15.4. The van der Waals surface area contributed by atoms with Gasteiger partial charge in [-0.1, -0.05) is 188 Å². The molecule has 1 heteroatoms. The van der Waals surface area contributed by atoms with Gasteiger partial charge in [0.1, 0.15) is 0 Å². The Morgan fingerprint density at radius 2 is 0.736 bits per heavy atom. The fourth-order valence-corrected chi connectivity index (χ4v) is 7.49. The van der Waals surface area contributed by atoms with Crippen LogP contribution in [0, 0.1) is 0 Å². The molecule has 0 bridgehead atoms. The molecule has 9 aromatic rings. The SMILES string of the molecule is c1ccc(-c2cccc(-c3ccc(N(c4ccc(-c5c(-c6ccccc6)ccc6ccccc56)cc4)c4ccccc4-c4ccccc4)cc3)c2)cc1. The number of anilines is 3. The molecule has 9 rings (SSSR count). The Bertz CT molecular complexity index is 2630. The molecule has 9 aromatic carbocycles. The first kappa shape index (κ1) is 32.0. The lowest BCUT2D eigenvalue weighted by Crippen LogP contribution is -2.11. The van der Waals surface area contributed by atoms with Crippen molar-refractivity contribution in [2.45, 2.75) is 0 Å². The van der Waals surface area contributed by atoms with Crippen LogP contribution in [0.5, 0.6) is 0 Å². The van der Waals surface area contributed by atoms with Crippen LogP contribution in [0.15, 0.2) is 224 Å². The standard InChI is InChI=1S/C52H37N/c1-4-15-38(16-5-1)44-22-14-23-45(37-44)39-27-32-46(33-28-39)53(51-26-13-12-24-48(51)40-17-6-2-7-18-40)47-34-29-43(30-35-47)52-49-25-11-10-21-42(49)31-36-50(52)41-19-8-3-9-20-41/h1-37H. The smallest absolute Gasteiger partial charge is 0.0540 e. The van der Waals surface area contributed by atoms with Crippen molar-refractivity contribution in [1.82, 2.24) is 0 Å². The molecule has 0 saturated carbocycles. The fourth-order valence-electron chi connectivity index (χ4n) is 7.49. The van der Waals surface area contributed by atoms with Gasteiger partial charge in [-0.25, -0.2) is 0 Å². The lowest BCUT2D eigenvalue weighted by molar-refractivity contribution is 1.28. The molecule has 0 atom stereocenters. The summed E-state index contributed by atoms with van der Waals surface area (Å²) in [5, 5.41) is 2.49. The van der Waals surface area contributed by atoms with Crippen molar-refractivity contribution in [3.05, 3.63) is 224 Å². The fraction of sp³-hybridized carbons (Fsp3) is 0. The van der Waals surface area contributed by atoms with Crippen molar-refractivity contribution in [3.63, 3.8) is 0 Å². The van der Waals surface area contributed by atoms with Gasteiger partial charge in [0.05, 0.1) is 5.69 Å². The van der Waals surface area contributed by atoms with Crippen LogP contribution in [0.3, 0.4) is 0 Å². The van der Waals surface area contributed by atoms with Crippen molar-refractivity contribution >= 4 is 27.8 Å². The van der Waals surface area contributed by atoms with Crippen LogP contribution in [-0.4, -0.2) is 0 Å². The van der Waals surface area contributed by atoms with Crippen molar-refractivity contribution in [3.8, 4) is 55.6 Å². The number of hydrogen-bond acceptors (Lipinski definition) is 1. The molecule has 0 aliphatic rings. The summed E-state index contributed by atoms with van der Waals surface area (Å²) in [7, 11) is 0. The molecular formula is C52H37N. The van der Waals surface area contributed by atoms with Crippen LogP contribution in [0.2, 0.25) is 0 Å². The van der Waals surface area contributed by atoms with E-state index in [1.165, 1.54) is 66.4 Å². The molecule has 0 unspecified atom stereocenters. The maximum absolute atomic E-state index is 2.39. The molecule has 0 aromatic heterocycles. The van der Waals surface area contributed by atoms with E-state index >= 15 is 0 Å². The van der Waals surface area contributed by atoms with Crippen LogP contribution in [0.1, 0.15) is 0 Å². The highest BCUT2D eigenvalue weighted by molar-refractivity contribution is 6.04. The molecule has 0 amide bonds. The average Bonchev–Trinajstić information content (AvgIpc) is 3.25. The summed E-state index contributed by atoms with van der Waals surface area (Å²) in [6, 6.07) is 80.8. The quantitative estimate of drug-likeness (QED) is 0.155. The van der Waals surface area contributed by atoms with Crippen molar-refractivity contribution in [2.24, 2.45) is 0 Å². The van der Waals surface area contributed by atoms with E-state index in [1.807, 2.05) is 0 Å². The zero-order valence-corrected chi connectivity index (χ0v) is 29.3. The minimum atomic E-state index is 1.09. The predicted octanol–water partition coefficient (Wildman–Crippen LogP) is 14.6. The normalized spacial score (nSPS) is 11.0. The van der Waals surface area contributed by atoms with E-state index in [4.69, 9.17) is 0 Å². The first-order chi connectivity index (χ1) is 26.3. The number of rotatable bonds is 8. The van der Waals surface area contributed by atoms with Crippen LogP contribution >= 0.6 is 0 Å². The minimum Gasteiger partial charge on any atom is -0.310 e. The lowest BCUT2D eigenvalue weighted by Gasteiger charge is -2.28. The lowest BCUT2D eigenvalue weighted by atomic mass is 9.89. The van der Waals surface area contributed by atoms with E-state index in [0.29, 0.717) is 0 Å². The number of para-hydroxylation sites is 1. The van der Waals surface area contributed by atoms with Gasteiger partial charge in [-0.15, -0.1) is 0 Å². The predicted molar refractivity (Wildman–Crippen MR) is 226 cm³/mol. The highest BCUT2D eigenvalue weighted by Crippen LogP contribution is 2.43. The van der Waals surface area contributed by atoms with Gasteiger partial charge in [0.15, 0.2) is 0 Å². The van der Waals surface area contributed by atoms with Crippen molar-refractivity contribution in [1.29, 1.82) is 0 Å². The summed E-state index contributed by atoms with van der Waals surface area (Å²) >= 11 is 0. The largest absolute Gasteiger partial charge is 0.310 e. The topological polar surface area (TPSA) is 3.24 Å². The summed E-state index contributed by atoms with van der Waals surface area (Å²) < 4.78 is 0. The first-order valence-electron chi connectivity index (χ1n) is 18.2. The molecule has 1 nitrogen and oxygen atoms in total. The van der Waals surface area contributed by atoms with E-state index in [9.17, 15) is 0 Å². The molecule has 0 heterocycles. The minimum absolute atomic E-state index is 1.09. The van der Waals surface area contributed by atoms with Crippen LogP contribution in [-0.2, 0) is 0 Å². The Morgan fingerprint density at radius 1 is 0.264 bits per heavy atom. The molecule has 0 radical (unpaired) electrons. The van der Waals surface area contributed by atoms with Crippen molar-refractivity contribution in [2.75, 3.05) is 4.90 Å². The number of hydrogen-bond donors (Lipinski definition) is 0. The Balaban J connectivity index is 1.16. The van der Waals surface area contributed by atoms with Crippen LogP contribution < -0.4 is 4.90 Å². The first-order valence-corrected chi connectivity index (χ1v) is 18.2. The Labute approximate surface area is 311 Å². The van der Waals surface area contributed by atoms with Gasteiger partial charge in [0.2, 0.25) is 0 Å². The maximum Gasteiger partial charge on any atom is 0.0540 e. The van der Waals surface area contributed by atoms with Crippen LogP contribution in [0.4, 0.5) is 17.1 Å². The zero-order valence-electron chi connectivity index (χ0n) is 29.3. The van der Waals surface area contributed by atoms with Gasteiger partial charge in [0.25, 0.3) is 0 Å². The summed E-state index contributed by atoms with van der Waals surface area (Å²) in [6.45, 7) is 0. The third-order valence-electron chi connectivity index (χ3n) is 10.1. The van der Waals surface area contributed by atoms with Gasteiger partial charge in [0, 0.05) is 16.9 Å². The van der Waals surface area contributed by atoms with Gasteiger partial charge in [-0.05, 0) is 97.2 Å². The summed E-state index contributed by atoms with van der Waals surface area (Å²) in [6.07, 6.45) is 0. The monoisotopic (exact) mass is 675 g/mol. The molecule has 0 aliphatic heterocycles. The number of nitrogens with zero attached hydrogens (tertiary/aromatic N) is 1. The van der Waals surface area contributed by atoms with E-state index in [-0.39, 0.29) is 0 Å². The van der Waals surface area contributed by atoms with E-state index in [0.717, 1.165) is 17.1 Å². The maximum atomic E-state index is 2.39. The van der Waals surface area contributed by atoms with Crippen molar-refractivity contribution < 1.29 is 0 Å². The second-order valence-corrected chi connectivity index (χ2v) is 13.3. The second-order valence-electron chi connectivity index (χ2n) is 13.3. The zero-order chi connectivity index (χ0) is 35.4. The van der Waals surface area contributed by atoms with Gasteiger partial charge in [-0.3, -0.25) is 0 Å². The Kier molecular flexibility index (Phi) is 8.66. The number of fused-ring (bicyclic) bond motifs is 1. The van der Waals surface area contributed by atoms with E-state index < -0.39 is 0 Å². The molecule has 250 valence electrons. The molecule has 0 saturated heterocycles. The van der Waals surface area contributed by atoms with Gasteiger partial charge >= 0.3 is 0 Å². The van der Waals surface area contributed by atoms with Gasteiger partial charge in [-0.2, -0.15) is 0 Å². The highest BCUT2D eigenvalue weighted by atomic mass is 15.1. The third kappa shape index (κ3) is 6.42. The number of benzene rings is 9. The molecule has 0 N–H and O–H groups in total. The Morgan fingerprint density at radius 3 is 1.38 bits per heavy atom. The molecule has 53 heavy (non-hydrogen) atoms. The molecule has 0 fully saturated rings. The Hall–Kier alpha value is -6.96. The summed E-state index contributed by atoms with van der Waals surface area (Å²) in [5.74, 6) is 0. The molecule has 0 spiro atoms. The van der Waals surface area contributed by atoms with E-state index in [1.54, 1.807) is 0 Å². The van der Waals surface area contributed by atoms with Gasteiger partial charge < -0.3 is 4.90 Å². The molecular weight excluding hydrogens is 639 g/mol. The van der Waals surface area contributed by atoms with Crippen LogP contribution in [0.25, 0.3) is 66.4 Å². The third-order valence-corrected chi connectivity index (χ3v) is 10.1.